The Morgan fingerprint density at radius 1 is 0.923 bits per heavy atom. The van der Waals surface area contributed by atoms with Gasteiger partial charge < -0.3 is 29.5 Å². The van der Waals surface area contributed by atoms with Crippen molar-refractivity contribution >= 4 is 5.78 Å². The Bertz CT molecular complexity index is 847. The fourth-order valence-electron chi connectivity index (χ4n) is 5.73. The Kier molecular flexibility index (Phi) is 12.0. The van der Waals surface area contributed by atoms with E-state index in [-0.39, 0.29) is 35.9 Å². The molecule has 1 saturated carbocycles. The number of ether oxygens (including phenoxy) is 3. The summed E-state index contributed by atoms with van der Waals surface area (Å²) in [6, 6.07) is 0. The molecule has 0 heterocycles. The van der Waals surface area contributed by atoms with Crippen LogP contribution in [-0.2, 0) is 19.0 Å². The summed E-state index contributed by atoms with van der Waals surface area (Å²) in [5.74, 6) is -1.70. The number of hydrogen-bond acceptors (Lipinski definition) is 7. The fourth-order valence-corrected chi connectivity index (χ4v) is 5.73. The van der Waals surface area contributed by atoms with Gasteiger partial charge in [-0.05, 0) is 35.7 Å². The number of carbonyl (C=O) groups excluding carboxylic acids is 1. The smallest absolute Gasteiger partial charge is 0.171 e. The topological polar surface area (TPSA) is 105 Å². The Balaban J connectivity index is 2.80. The van der Waals surface area contributed by atoms with Crippen LogP contribution >= 0.6 is 0 Å². The van der Waals surface area contributed by atoms with Crippen molar-refractivity contribution in [1.82, 2.24) is 0 Å². The molecule has 0 aromatic heterocycles. The number of Topliss-reactive ketones (excluding diaryl/α,β-unsaturated/α-hetero) is 1. The lowest BCUT2D eigenvalue weighted by Gasteiger charge is -2.44. The molecule has 7 heteroatoms. The molecule has 0 radical (unpaired) electrons. The van der Waals surface area contributed by atoms with Crippen LogP contribution in [-0.4, -0.2) is 77.0 Å². The lowest BCUT2D eigenvalue weighted by Crippen LogP contribution is -2.56. The first-order valence-electron chi connectivity index (χ1n) is 14.8. The SMILES string of the molecule is C=C1[C@H](OCC(C)C)[C@@H](OCC(C)C)[C@@H](O)C(C)(C)C=C[C@H](C)C(=O)[C@@]2(O)C[C@H](C)[C@H](O)[C@@H]2[C@H]1OCC(C)C. The molecule has 0 spiro atoms. The predicted molar refractivity (Wildman–Crippen MR) is 154 cm³/mol. The molecule has 0 unspecified atom stereocenters. The maximum absolute atomic E-state index is 13.9. The molecule has 2 rings (SSSR count). The highest BCUT2D eigenvalue weighted by Gasteiger charge is 2.60. The molecule has 3 N–H and O–H groups in total. The van der Waals surface area contributed by atoms with Crippen molar-refractivity contribution in [3.63, 3.8) is 0 Å². The lowest BCUT2D eigenvalue weighted by molar-refractivity contribution is -0.163. The molecule has 0 aromatic carbocycles. The molecule has 7 nitrogen and oxygen atoms in total. The van der Waals surface area contributed by atoms with Crippen molar-refractivity contribution in [2.24, 2.45) is 40.9 Å². The van der Waals surface area contributed by atoms with E-state index in [4.69, 9.17) is 14.2 Å². The molecular formula is C32H56O7. The number of hydrogen-bond donors (Lipinski definition) is 3. The van der Waals surface area contributed by atoms with E-state index in [9.17, 15) is 20.1 Å². The Morgan fingerprint density at radius 2 is 1.41 bits per heavy atom. The molecule has 2 aliphatic carbocycles. The summed E-state index contributed by atoms with van der Waals surface area (Å²) < 4.78 is 19.3. The predicted octanol–water partition coefficient (Wildman–Crippen LogP) is 4.58. The summed E-state index contributed by atoms with van der Waals surface area (Å²) in [5, 5.41) is 35.3. The van der Waals surface area contributed by atoms with Gasteiger partial charge in [-0.1, -0.05) is 88.0 Å². The molecule has 0 amide bonds. The van der Waals surface area contributed by atoms with Gasteiger partial charge in [0.2, 0.25) is 0 Å². The monoisotopic (exact) mass is 552 g/mol. The standard InChI is InChI=1S/C32H56O7/c1-18(2)15-37-26-23(9)27(38-16-19(3)4)28(39-17-20(5)6)30(35)31(10,11)13-12-21(7)29(34)32(36)14-22(8)25(33)24(26)32/h12-13,18-22,24-28,30,33,35-36H,9,14-17H2,1-8,10-11H3/t21-,22-,24+,25-,26-,27-,28+,30+,32+/m0/s1. The van der Waals surface area contributed by atoms with Crippen molar-refractivity contribution < 1.29 is 34.3 Å². The zero-order chi connectivity index (χ0) is 29.9. The molecule has 0 saturated heterocycles. The molecule has 2 aliphatic rings. The summed E-state index contributed by atoms with van der Waals surface area (Å²) in [7, 11) is 0. The van der Waals surface area contributed by atoms with Crippen LogP contribution in [0.2, 0.25) is 0 Å². The maximum Gasteiger partial charge on any atom is 0.171 e. The molecule has 39 heavy (non-hydrogen) atoms. The number of aliphatic hydroxyl groups excluding tert-OH is 2. The van der Waals surface area contributed by atoms with Crippen molar-refractivity contribution in [3.8, 4) is 0 Å². The average molecular weight is 553 g/mol. The van der Waals surface area contributed by atoms with Gasteiger partial charge in [0.1, 0.15) is 17.8 Å². The van der Waals surface area contributed by atoms with Crippen LogP contribution in [0.3, 0.4) is 0 Å². The first-order valence-corrected chi connectivity index (χ1v) is 14.8. The van der Waals surface area contributed by atoms with Crippen molar-refractivity contribution in [2.45, 2.75) is 112 Å². The van der Waals surface area contributed by atoms with Crippen molar-refractivity contribution in [1.29, 1.82) is 0 Å². The van der Waals surface area contributed by atoms with Gasteiger partial charge in [0.25, 0.3) is 0 Å². The van der Waals surface area contributed by atoms with Crippen LogP contribution in [0.25, 0.3) is 0 Å². The number of aliphatic hydroxyl groups is 3. The van der Waals surface area contributed by atoms with Crippen LogP contribution in [0.5, 0.6) is 0 Å². The maximum atomic E-state index is 13.9. The highest BCUT2D eigenvalue weighted by Crippen LogP contribution is 2.47. The van der Waals surface area contributed by atoms with E-state index in [0.29, 0.717) is 25.4 Å². The van der Waals surface area contributed by atoms with Crippen LogP contribution in [0.15, 0.2) is 24.3 Å². The second kappa shape index (κ2) is 13.7. The average Bonchev–Trinajstić information content (AvgIpc) is 3.06. The lowest BCUT2D eigenvalue weighted by atomic mass is 9.72. The molecular weight excluding hydrogens is 496 g/mol. The zero-order valence-corrected chi connectivity index (χ0v) is 26.0. The number of ketones is 1. The fraction of sp³-hybridized carbons (Fsp3) is 0.844. The van der Waals surface area contributed by atoms with E-state index >= 15 is 0 Å². The van der Waals surface area contributed by atoms with Crippen molar-refractivity contribution in [3.05, 3.63) is 24.3 Å². The number of allylic oxidation sites excluding steroid dienone is 1. The van der Waals surface area contributed by atoms with E-state index < -0.39 is 53.4 Å². The van der Waals surface area contributed by atoms with Crippen LogP contribution in [0.4, 0.5) is 0 Å². The highest BCUT2D eigenvalue weighted by atomic mass is 16.6. The van der Waals surface area contributed by atoms with Gasteiger partial charge in [-0.3, -0.25) is 4.79 Å². The number of carbonyl (C=O) groups is 1. The van der Waals surface area contributed by atoms with Gasteiger partial charge in [-0.2, -0.15) is 0 Å². The van der Waals surface area contributed by atoms with Gasteiger partial charge in [-0.25, -0.2) is 0 Å². The zero-order valence-electron chi connectivity index (χ0n) is 26.0. The van der Waals surface area contributed by atoms with Crippen LogP contribution in [0.1, 0.15) is 75.7 Å². The first-order chi connectivity index (χ1) is 17.9. The van der Waals surface area contributed by atoms with E-state index in [1.807, 2.05) is 68.4 Å². The van der Waals surface area contributed by atoms with E-state index in [0.717, 1.165) is 0 Å². The molecule has 0 bridgehead atoms. The van der Waals surface area contributed by atoms with Crippen LogP contribution in [0, 0.1) is 40.9 Å². The van der Waals surface area contributed by atoms with E-state index in [2.05, 4.69) is 6.58 Å². The summed E-state index contributed by atoms with van der Waals surface area (Å²) in [6.45, 7) is 25.1. The molecule has 0 aliphatic heterocycles. The van der Waals surface area contributed by atoms with Gasteiger partial charge in [0, 0.05) is 31.2 Å². The quantitative estimate of drug-likeness (QED) is 0.360. The number of rotatable bonds is 9. The Morgan fingerprint density at radius 3 is 1.92 bits per heavy atom. The molecule has 0 aromatic rings. The summed E-state index contributed by atoms with van der Waals surface area (Å²) in [4.78, 5) is 13.9. The van der Waals surface area contributed by atoms with Gasteiger partial charge in [0.05, 0.1) is 24.2 Å². The molecule has 226 valence electrons. The minimum absolute atomic E-state index is 0.126. The summed E-state index contributed by atoms with van der Waals surface area (Å²) in [6.07, 6.45) is -0.774. The largest absolute Gasteiger partial charge is 0.392 e. The minimum atomic E-state index is -1.81. The Labute approximate surface area is 237 Å². The second-order valence-corrected chi connectivity index (χ2v) is 14.0. The minimum Gasteiger partial charge on any atom is -0.392 e. The third-order valence-electron chi connectivity index (χ3n) is 8.06. The third-order valence-corrected chi connectivity index (χ3v) is 8.06. The first kappa shape index (κ1) is 34.1. The van der Waals surface area contributed by atoms with Gasteiger partial charge >= 0.3 is 0 Å². The van der Waals surface area contributed by atoms with E-state index in [1.54, 1.807) is 13.0 Å². The van der Waals surface area contributed by atoms with Crippen molar-refractivity contribution in [2.75, 3.05) is 19.8 Å². The number of fused-ring (bicyclic) bond motifs is 1. The van der Waals surface area contributed by atoms with Gasteiger partial charge in [0.15, 0.2) is 5.78 Å². The summed E-state index contributed by atoms with van der Waals surface area (Å²) in [5.41, 5.74) is -2.14. The molecule has 1 fully saturated rings. The third kappa shape index (κ3) is 8.02. The normalized spacial score (nSPS) is 37.8. The Hall–Kier alpha value is -1.09. The summed E-state index contributed by atoms with van der Waals surface area (Å²) >= 11 is 0. The van der Waals surface area contributed by atoms with Crippen LogP contribution < -0.4 is 0 Å². The highest BCUT2D eigenvalue weighted by molar-refractivity contribution is 5.91. The van der Waals surface area contributed by atoms with Gasteiger partial charge in [-0.15, -0.1) is 0 Å². The second-order valence-electron chi connectivity index (χ2n) is 14.0. The molecule has 9 atom stereocenters. The van der Waals surface area contributed by atoms with E-state index in [1.165, 1.54) is 0 Å².